The molecule has 348 valence electrons. The van der Waals surface area contributed by atoms with Gasteiger partial charge in [0.25, 0.3) is 0 Å². The molecule has 64 heavy (non-hydrogen) atoms. The molecule has 2 aliphatic heterocycles. The molecule has 1 aliphatic carbocycles. The summed E-state index contributed by atoms with van der Waals surface area (Å²) in [6.45, 7) is 33.0. The molecule has 7 rings (SSSR count). The van der Waals surface area contributed by atoms with Gasteiger partial charge in [-0.25, -0.2) is 0 Å². The van der Waals surface area contributed by atoms with Crippen molar-refractivity contribution in [3.8, 4) is 23.0 Å². The minimum absolute atomic E-state index is 0.133. The Bertz CT molecular complexity index is 1930. The van der Waals surface area contributed by atoms with Crippen LogP contribution in [0.5, 0.6) is 23.0 Å². The molecule has 3 aliphatic rings. The predicted octanol–water partition coefficient (Wildman–Crippen LogP) is 11.2. The third-order valence-corrected chi connectivity index (χ3v) is 12.6. The van der Waals surface area contributed by atoms with Crippen LogP contribution in [0.15, 0.2) is 48.5 Å². The summed E-state index contributed by atoms with van der Waals surface area (Å²) in [6.07, 6.45) is 2.44. The fourth-order valence-electron chi connectivity index (χ4n) is 8.82. The Morgan fingerprint density at radius 3 is 0.562 bits per heavy atom. The fourth-order valence-corrected chi connectivity index (χ4v) is 8.82. The number of hydrogen-bond acceptors (Lipinski definition) is 8. The van der Waals surface area contributed by atoms with Crippen molar-refractivity contribution < 1.29 is 37.9 Å². The second-order valence-electron chi connectivity index (χ2n) is 22.0. The molecule has 8 heteroatoms. The number of hydrogen-bond donors (Lipinski definition) is 0. The molecule has 0 radical (unpaired) electrons. The van der Waals surface area contributed by atoms with Crippen molar-refractivity contribution in [3.63, 3.8) is 0 Å². The van der Waals surface area contributed by atoms with Crippen molar-refractivity contribution in [2.45, 2.75) is 130 Å². The zero-order valence-electron chi connectivity index (χ0n) is 41.2. The van der Waals surface area contributed by atoms with E-state index >= 15 is 0 Å². The van der Waals surface area contributed by atoms with E-state index in [1.165, 1.54) is 22.3 Å². The van der Waals surface area contributed by atoms with Crippen LogP contribution >= 0.6 is 0 Å². The third kappa shape index (κ3) is 11.8. The fraction of sp³-hybridized carbons (Fsp3) is 0.571. The van der Waals surface area contributed by atoms with Crippen LogP contribution in [0, 0.1) is 0 Å². The molecule has 0 unspecified atom stereocenters. The van der Waals surface area contributed by atoms with Gasteiger partial charge in [0, 0.05) is 25.7 Å². The first-order valence-electron chi connectivity index (χ1n) is 23.7. The predicted molar refractivity (Wildman–Crippen MR) is 257 cm³/mol. The van der Waals surface area contributed by atoms with Crippen molar-refractivity contribution in [2.75, 3.05) is 79.3 Å². The van der Waals surface area contributed by atoms with Gasteiger partial charge in [0.1, 0.15) is 49.4 Å². The lowest BCUT2D eigenvalue weighted by Crippen LogP contribution is -2.18. The average molecular weight is 877 g/mol. The van der Waals surface area contributed by atoms with E-state index in [2.05, 4.69) is 132 Å². The number of benzene rings is 4. The van der Waals surface area contributed by atoms with Gasteiger partial charge in [-0.1, -0.05) is 132 Å². The maximum Gasteiger partial charge on any atom is 0.126 e. The van der Waals surface area contributed by atoms with Gasteiger partial charge in [-0.05, 0) is 88.4 Å². The Kier molecular flexibility index (Phi) is 14.8. The van der Waals surface area contributed by atoms with E-state index in [0.29, 0.717) is 105 Å². The molecular formula is C56H76O8. The van der Waals surface area contributed by atoms with Gasteiger partial charge in [-0.2, -0.15) is 0 Å². The van der Waals surface area contributed by atoms with Gasteiger partial charge in [0.15, 0.2) is 0 Å². The van der Waals surface area contributed by atoms with Crippen molar-refractivity contribution >= 4 is 0 Å². The number of rotatable bonds is 0. The summed E-state index contributed by atoms with van der Waals surface area (Å²) in [5.74, 6) is 3.59. The van der Waals surface area contributed by atoms with Gasteiger partial charge in [-0.15, -0.1) is 0 Å². The first-order valence-corrected chi connectivity index (χ1v) is 23.7. The molecule has 0 saturated heterocycles. The van der Waals surface area contributed by atoms with E-state index in [-0.39, 0.29) is 21.7 Å². The van der Waals surface area contributed by atoms with Crippen LogP contribution in [0.4, 0.5) is 0 Å². The van der Waals surface area contributed by atoms with E-state index < -0.39 is 0 Å². The minimum Gasteiger partial charge on any atom is -0.491 e. The molecule has 0 amide bonds. The molecule has 8 nitrogen and oxygen atoms in total. The Morgan fingerprint density at radius 1 is 0.250 bits per heavy atom. The highest BCUT2D eigenvalue weighted by molar-refractivity contribution is 5.60. The summed E-state index contributed by atoms with van der Waals surface area (Å²) >= 11 is 0. The normalized spacial score (nSPS) is 17.6. The van der Waals surface area contributed by atoms with E-state index in [4.69, 9.17) is 37.9 Å². The summed E-state index contributed by atoms with van der Waals surface area (Å²) in [4.78, 5) is 0. The Labute approximate surface area is 384 Å². The van der Waals surface area contributed by atoms with Crippen LogP contribution in [0.25, 0.3) is 0 Å². The van der Waals surface area contributed by atoms with Crippen LogP contribution in [0.1, 0.15) is 150 Å². The molecule has 4 aromatic rings. The second-order valence-corrected chi connectivity index (χ2v) is 22.0. The average Bonchev–Trinajstić information content (AvgIpc) is 3.20. The summed E-state index contributed by atoms with van der Waals surface area (Å²) in [6, 6.07) is 19.0. The van der Waals surface area contributed by atoms with E-state index in [0.717, 1.165) is 67.5 Å². The number of ether oxygens (including phenoxy) is 8. The molecule has 0 N–H and O–H groups in total. The van der Waals surface area contributed by atoms with Gasteiger partial charge >= 0.3 is 0 Å². The molecule has 0 fully saturated rings. The highest BCUT2D eigenvalue weighted by Gasteiger charge is 2.29. The minimum atomic E-state index is -0.133. The van der Waals surface area contributed by atoms with Crippen LogP contribution in [-0.2, 0) is 66.3 Å². The highest BCUT2D eigenvalue weighted by atomic mass is 16.6. The maximum atomic E-state index is 6.99. The highest BCUT2D eigenvalue weighted by Crippen LogP contribution is 2.44. The smallest absolute Gasteiger partial charge is 0.126 e. The topological polar surface area (TPSA) is 73.8 Å². The maximum absolute atomic E-state index is 6.99. The Hall–Kier alpha value is -4.08. The molecule has 12 bridgehead atoms. The summed E-state index contributed by atoms with van der Waals surface area (Å²) < 4.78 is 52.2. The third-order valence-electron chi connectivity index (χ3n) is 12.6. The first kappa shape index (κ1) is 47.9. The van der Waals surface area contributed by atoms with Crippen LogP contribution in [0.2, 0.25) is 0 Å². The van der Waals surface area contributed by atoms with Crippen molar-refractivity contribution in [2.24, 2.45) is 0 Å². The molecule has 0 spiro atoms. The molecule has 0 atom stereocenters. The zero-order chi connectivity index (χ0) is 45.9. The van der Waals surface area contributed by atoms with Gasteiger partial charge in [-0.3, -0.25) is 0 Å². The van der Waals surface area contributed by atoms with Crippen LogP contribution < -0.4 is 18.9 Å². The summed E-state index contributed by atoms with van der Waals surface area (Å²) in [7, 11) is 0. The zero-order valence-corrected chi connectivity index (χ0v) is 41.2. The van der Waals surface area contributed by atoms with E-state index in [9.17, 15) is 0 Å². The lowest BCUT2D eigenvalue weighted by atomic mass is 9.79. The second kappa shape index (κ2) is 19.8. The lowest BCUT2D eigenvalue weighted by molar-refractivity contribution is 0.0270. The van der Waals surface area contributed by atoms with Crippen molar-refractivity contribution in [1.29, 1.82) is 0 Å². The summed E-state index contributed by atoms with van der Waals surface area (Å²) in [5, 5.41) is 0. The largest absolute Gasteiger partial charge is 0.491 e. The Morgan fingerprint density at radius 2 is 0.406 bits per heavy atom. The quantitative estimate of drug-likeness (QED) is 0.152. The molecule has 0 saturated carbocycles. The van der Waals surface area contributed by atoms with Crippen LogP contribution in [-0.4, -0.2) is 79.3 Å². The van der Waals surface area contributed by atoms with E-state index in [1.807, 2.05) is 0 Å². The molecule has 2 heterocycles. The lowest BCUT2D eigenvalue weighted by Gasteiger charge is -2.29. The van der Waals surface area contributed by atoms with Crippen molar-refractivity contribution in [3.05, 3.63) is 115 Å². The summed E-state index contributed by atoms with van der Waals surface area (Å²) in [5.41, 5.74) is 13.5. The van der Waals surface area contributed by atoms with Crippen molar-refractivity contribution in [1.82, 2.24) is 0 Å². The van der Waals surface area contributed by atoms with Crippen LogP contribution in [0.3, 0.4) is 0 Å². The first-order chi connectivity index (χ1) is 30.3. The van der Waals surface area contributed by atoms with Gasteiger partial charge < -0.3 is 37.9 Å². The SMILES string of the molecule is CC(C)(C)c1cc2c3c(c1)Cc1cc(C(C)(C)C)cc4c1OCCOCCOCCOc1c(cc(C(C)(C)C)cc1Cc1cc(C(C)(C)C)cc(c1OCCOCCOCCO3)C2)C4. The molecular weight excluding hydrogens is 801 g/mol. The van der Waals surface area contributed by atoms with E-state index in [1.54, 1.807) is 0 Å². The molecule has 0 aromatic heterocycles. The van der Waals surface area contributed by atoms with Gasteiger partial charge in [0.2, 0.25) is 0 Å². The molecule has 4 aromatic carbocycles. The van der Waals surface area contributed by atoms with Gasteiger partial charge in [0.05, 0.1) is 52.9 Å². The Balaban J connectivity index is 1.62. The standard InChI is InChI=1S/C56H76O8/c1-53(2,3)45-29-37-25-38-30-46(54(4,5)6)35-43-28-44-36-48(56(10,11)12)32-40-26-39-31-47(55(7,8)9)34-42(51(39)63-23-19-59-15-16-60-20-24-64-52(40)44)27-41(33-45)49(37)61-21-17-57-13-14-58-18-22-62-50(38)43/h29-36H,13-28H2,1-12H3. The monoisotopic (exact) mass is 877 g/mol.